The molecule has 2 aromatic rings. The van der Waals surface area contributed by atoms with Crippen molar-refractivity contribution in [3.8, 4) is 5.69 Å². The molecule has 0 saturated heterocycles. The fourth-order valence-electron chi connectivity index (χ4n) is 3.40. The summed E-state index contributed by atoms with van der Waals surface area (Å²) in [6.07, 6.45) is 5.54. The molecule has 0 radical (unpaired) electrons. The van der Waals surface area contributed by atoms with Crippen LogP contribution in [0.15, 0.2) is 35.5 Å². The SMILES string of the molecule is CCCCNC(=O)c1ncn2c1CN(CC1CC1)S(=O)(=O)c1ccccc1-2. The lowest BCUT2D eigenvalue weighted by atomic mass is 10.2. The molecule has 1 aromatic carbocycles. The van der Waals surface area contributed by atoms with Crippen molar-refractivity contribution in [2.45, 2.75) is 44.0 Å². The zero-order valence-electron chi connectivity index (χ0n) is 15.4. The predicted octanol–water partition coefficient (Wildman–Crippen LogP) is 2.32. The van der Waals surface area contributed by atoms with Gasteiger partial charge in [-0.05, 0) is 37.3 Å². The molecule has 4 rings (SSSR count). The summed E-state index contributed by atoms with van der Waals surface area (Å²) in [5, 5.41) is 2.89. The second-order valence-corrected chi connectivity index (χ2v) is 9.13. The van der Waals surface area contributed by atoms with Crippen LogP contribution < -0.4 is 5.32 Å². The summed E-state index contributed by atoms with van der Waals surface area (Å²) in [5.41, 5.74) is 1.47. The molecule has 8 heteroatoms. The Morgan fingerprint density at radius 2 is 2.07 bits per heavy atom. The summed E-state index contributed by atoms with van der Waals surface area (Å²) in [7, 11) is -3.62. The smallest absolute Gasteiger partial charge is 0.271 e. The second kappa shape index (κ2) is 7.09. The van der Waals surface area contributed by atoms with Gasteiger partial charge in [-0.25, -0.2) is 13.4 Å². The Hall–Kier alpha value is -2.19. The lowest BCUT2D eigenvalue weighted by Gasteiger charge is -2.20. The van der Waals surface area contributed by atoms with Gasteiger partial charge < -0.3 is 5.32 Å². The van der Waals surface area contributed by atoms with Gasteiger partial charge in [-0.3, -0.25) is 9.36 Å². The van der Waals surface area contributed by atoms with E-state index >= 15 is 0 Å². The number of hydrogen-bond donors (Lipinski definition) is 1. The molecule has 0 bridgehead atoms. The molecule has 7 nitrogen and oxygen atoms in total. The van der Waals surface area contributed by atoms with Crippen LogP contribution >= 0.6 is 0 Å². The highest BCUT2D eigenvalue weighted by Gasteiger charge is 2.37. The molecule has 1 fully saturated rings. The second-order valence-electron chi connectivity index (χ2n) is 7.23. The number of sulfonamides is 1. The topological polar surface area (TPSA) is 84.3 Å². The van der Waals surface area contributed by atoms with Gasteiger partial charge in [0.25, 0.3) is 5.91 Å². The fourth-order valence-corrected chi connectivity index (χ4v) is 5.06. The Labute approximate surface area is 159 Å². The highest BCUT2D eigenvalue weighted by atomic mass is 32.2. The van der Waals surface area contributed by atoms with Crippen LogP contribution in [0.4, 0.5) is 0 Å². The molecule has 1 N–H and O–H groups in total. The average molecular weight is 388 g/mol. The first-order valence-corrected chi connectivity index (χ1v) is 10.9. The maximum atomic E-state index is 13.2. The van der Waals surface area contributed by atoms with Crippen molar-refractivity contribution in [1.29, 1.82) is 0 Å². The number of hydrogen-bond acceptors (Lipinski definition) is 4. The number of nitrogens with one attached hydrogen (secondary N) is 1. The quantitative estimate of drug-likeness (QED) is 0.770. The van der Waals surface area contributed by atoms with E-state index in [4.69, 9.17) is 0 Å². The zero-order valence-corrected chi connectivity index (χ0v) is 16.2. The highest BCUT2D eigenvalue weighted by Crippen LogP contribution is 2.36. The number of unbranched alkanes of at least 4 members (excludes halogenated alkanes) is 1. The molecule has 0 spiro atoms. The molecule has 2 aliphatic rings. The maximum Gasteiger partial charge on any atom is 0.271 e. The van der Waals surface area contributed by atoms with E-state index in [2.05, 4.69) is 17.2 Å². The van der Waals surface area contributed by atoms with Gasteiger partial charge in [-0.1, -0.05) is 25.5 Å². The molecule has 1 saturated carbocycles. The van der Waals surface area contributed by atoms with Crippen molar-refractivity contribution in [1.82, 2.24) is 19.2 Å². The number of aromatic nitrogens is 2. The number of nitrogens with zero attached hydrogens (tertiary/aromatic N) is 3. The van der Waals surface area contributed by atoms with Crippen molar-refractivity contribution >= 4 is 15.9 Å². The van der Waals surface area contributed by atoms with Gasteiger partial charge in [0.2, 0.25) is 10.0 Å². The minimum absolute atomic E-state index is 0.157. The molecule has 144 valence electrons. The minimum atomic E-state index is -3.62. The number of rotatable bonds is 6. The molecular weight excluding hydrogens is 364 g/mol. The van der Waals surface area contributed by atoms with Crippen molar-refractivity contribution < 1.29 is 13.2 Å². The zero-order chi connectivity index (χ0) is 19.0. The van der Waals surface area contributed by atoms with Crippen LogP contribution in [0.1, 0.15) is 48.8 Å². The van der Waals surface area contributed by atoms with Crippen molar-refractivity contribution in [2.75, 3.05) is 13.1 Å². The Bertz CT molecular complexity index is 963. The van der Waals surface area contributed by atoms with E-state index in [9.17, 15) is 13.2 Å². The predicted molar refractivity (Wildman–Crippen MR) is 101 cm³/mol. The average Bonchev–Trinajstić information content (AvgIpc) is 3.39. The van der Waals surface area contributed by atoms with E-state index in [1.54, 1.807) is 35.2 Å². The van der Waals surface area contributed by atoms with E-state index in [0.717, 1.165) is 25.7 Å². The van der Waals surface area contributed by atoms with Crippen LogP contribution in [0.3, 0.4) is 0 Å². The van der Waals surface area contributed by atoms with Gasteiger partial charge in [0.05, 0.1) is 17.9 Å². The largest absolute Gasteiger partial charge is 0.351 e. The van der Waals surface area contributed by atoms with E-state index in [1.807, 2.05) is 0 Å². The fraction of sp³-hybridized carbons (Fsp3) is 0.474. The van der Waals surface area contributed by atoms with Crippen molar-refractivity contribution in [3.63, 3.8) is 0 Å². The third-order valence-electron chi connectivity index (χ3n) is 5.12. The molecule has 0 unspecified atom stereocenters. The number of amides is 1. The van der Waals surface area contributed by atoms with Gasteiger partial charge in [-0.2, -0.15) is 4.31 Å². The number of para-hydroxylation sites is 1. The lowest BCUT2D eigenvalue weighted by Crippen LogP contribution is -2.33. The summed E-state index contributed by atoms with van der Waals surface area (Å²) < 4.78 is 29.7. The van der Waals surface area contributed by atoms with Crippen LogP contribution in [0.2, 0.25) is 0 Å². The van der Waals surface area contributed by atoms with E-state index in [1.165, 1.54) is 4.31 Å². The maximum absolute atomic E-state index is 13.2. The number of benzene rings is 1. The summed E-state index contributed by atoms with van der Waals surface area (Å²) in [6.45, 7) is 3.29. The number of imidazole rings is 1. The standard InChI is InChI=1S/C19H24N4O3S/c1-2-3-10-20-19(24)18-16-12-22(11-14-8-9-14)27(25,26)17-7-5-4-6-15(17)23(16)13-21-18/h4-7,13-14H,2-3,8-12H2,1H3,(H,20,24). The van der Waals surface area contributed by atoms with E-state index in [0.29, 0.717) is 36.1 Å². The van der Waals surface area contributed by atoms with Crippen LogP contribution in [0, 0.1) is 5.92 Å². The Kier molecular flexibility index (Phi) is 4.77. The Morgan fingerprint density at radius 3 is 2.81 bits per heavy atom. The first kappa shape index (κ1) is 18.2. The normalized spacial score (nSPS) is 18.4. The summed E-state index contributed by atoms with van der Waals surface area (Å²) >= 11 is 0. The summed E-state index contributed by atoms with van der Waals surface area (Å²) in [5.74, 6) is 0.156. The van der Waals surface area contributed by atoms with Crippen LogP contribution in [0.5, 0.6) is 0 Å². The van der Waals surface area contributed by atoms with Gasteiger partial charge in [0, 0.05) is 13.1 Å². The first-order chi connectivity index (χ1) is 13.0. The van der Waals surface area contributed by atoms with Gasteiger partial charge in [0.15, 0.2) is 5.69 Å². The number of carbonyl (C=O) groups is 1. The molecule has 1 aliphatic carbocycles. The molecule has 1 aromatic heterocycles. The Balaban J connectivity index is 1.77. The number of carbonyl (C=O) groups excluding carboxylic acids is 1. The summed E-state index contributed by atoms with van der Waals surface area (Å²) in [4.78, 5) is 17.2. The molecule has 0 atom stereocenters. The molecule has 27 heavy (non-hydrogen) atoms. The Morgan fingerprint density at radius 1 is 1.30 bits per heavy atom. The van der Waals surface area contributed by atoms with Crippen LogP contribution in [-0.4, -0.2) is 41.3 Å². The monoisotopic (exact) mass is 388 g/mol. The minimum Gasteiger partial charge on any atom is -0.351 e. The van der Waals surface area contributed by atoms with Crippen LogP contribution in [-0.2, 0) is 16.6 Å². The third kappa shape index (κ3) is 3.39. The van der Waals surface area contributed by atoms with E-state index < -0.39 is 10.0 Å². The molecular formula is C19H24N4O3S. The van der Waals surface area contributed by atoms with Crippen molar-refractivity contribution in [3.05, 3.63) is 42.0 Å². The van der Waals surface area contributed by atoms with E-state index in [-0.39, 0.29) is 17.3 Å². The van der Waals surface area contributed by atoms with Gasteiger partial charge in [-0.15, -0.1) is 0 Å². The van der Waals surface area contributed by atoms with Crippen molar-refractivity contribution in [2.24, 2.45) is 5.92 Å². The third-order valence-corrected chi connectivity index (χ3v) is 6.98. The highest BCUT2D eigenvalue weighted by molar-refractivity contribution is 7.89. The number of fused-ring (bicyclic) bond motifs is 3. The van der Waals surface area contributed by atoms with Gasteiger partial charge in [0.1, 0.15) is 11.2 Å². The molecule has 1 aliphatic heterocycles. The summed E-state index contributed by atoms with van der Waals surface area (Å²) in [6, 6.07) is 6.92. The first-order valence-electron chi connectivity index (χ1n) is 9.46. The van der Waals surface area contributed by atoms with Gasteiger partial charge >= 0.3 is 0 Å². The molecule has 1 amide bonds. The lowest BCUT2D eigenvalue weighted by molar-refractivity contribution is 0.0947. The van der Waals surface area contributed by atoms with Crippen LogP contribution in [0.25, 0.3) is 5.69 Å². The molecule has 2 heterocycles.